The maximum absolute atomic E-state index is 12.5. The minimum Gasteiger partial charge on any atom is -0.493 e. The van der Waals surface area contributed by atoms with Crippen molar-refractivity contribution in [2.24, 2.45) is 0 Å². The molecule has 0 aliphatic carbocycles. The Kier molecular flexibility index (Phi) is 5.56. The van der Waals surface area contributed by atoms with Crippen LogP contribution in [0.1, 0.15) is 17.2 Å². The fourth-order valence-electron chi connectivity index (χ4n) is 2.07. The zero-order chi connectivity index (χ0) is 17.7. The van der Waals surface area contributed by atoms with E-state index in [9.17, 15) is 18.3 Å². The molecule has 2 aromatic carbocycles. The van der Waals surface area contributed by atoms with E-state index in [1.165, 1.54) is 26.4 Å². The fourth-order valence-corrected chi connectivity index (χ4v) is 2.07. The Morgan fingerprint density at radius 3 is 2.12 bits per heavy atom. The number of halogens is 3. The van der Waals surface area contributed by atoms with E-state index in [4.69, 9.17) is 14.2 Å². The zero-order valence-electron chi connectivity index (χ0n) is 13.1. The monoisotopic (exact) mass is 342 g/mol. The van der Waals surface area contributed by atoms with E-state index >= 15 is 0 Å². The highest BCUT2D eigenvalue weighted by molar-refractivity contribution is 5.43. The number of alkyl halides is 3. The summed E-state index contributed by atoms with van der Waals surface area (Å²) in [6.45, 7) is -0.110. The number of hydrogen-bond acceptors (Lipinski definition) is 4. The predicted molar refractivity (Wildman–Crippen MR) is 81.4 cm³/mol. The number of methoxy groups -OCH3 is 2. The van der Waals surface area contributed by atoms with E-state index in [1.54, 1.807) is 18.2 Å². The molecule has 0 spiro atoms. The highest BCUT2D eigenvalue weighted by Gasteiger charge is 2.30. The van der Waals surface area contributed by atoms with Gasteiger partial charge in [0.15, 0.2) is 11.5 Å². The molecule has 1 unspecified atom stereocenters. The average Bonchev–Trinajstić information content (AvgIpc) is 2.58. The second-order valence-corrected chi connectivity index (χ2v) is 4.96. The molecule has 24 heavy (non-hydrogen) atoms. The van der Waals surface area contributed by atoms with Crippen LogP contribution in [0, 0.1) is 0 Å². The van der Waals surface area contributed by atoms with Crippen molar-refractivity contribution in [1.82, 2.24) is 0 Å². The number of hydrogen-bond donors (Lipinski definition) is 1. The molecule has 7 heteroatoms. The third-order valence-electron chi connectivity index (χ3n) is 3.38. The van der Waals surface area contributed by atoms with Crippen LogP contribution < -0.4 is 14.2 Å². The lowest BCUT2D eigenvalue weighted by molar-refractivity contribution is -0.137. The van der Waals surface area contributed by atoms with Crippen molar-refractivity contribution in [2.45, 2.75) is 12.3 Å². The molecule has 1 atom stereocenters. The van der Waals surface area contributed by atoms with Crippen molar-refractivity contribution in [3.8, 4) is 17.2 Å². The summed E-state index contributed by atoms with van der Waals surface area (Å²) in [5.74, 6) is 1.23. The van der Waals surface area contributed by atoms with Gasteiger partial charge in [0.25, 0.3) is 0 Å². The third kappa shape index (κ3) is 4.32. The van der Waals surface area contributed by atoms with Gasteiger partial charge < -0.3 is 19.3 Å². The molecule has 0 aliphatic rings. The molecule has 2 aromatic rings. The Labute approximate surface area is 137 Å². The second-order valence-electron chi connectivity index (χ2n) is 4.96. The van der Waals surface area contributed by atoms with Crippen LogP contribution in [0.25, 0.3) is 0 Å². The highest BCUT2D eigenvalue weighted by Crippen LogP contribution is 2.31. The maximum atomic E-state index is 12.5. The van der Waals surface area contributed by atoms with Crippen molar-refractivity contribution in [3.05, 3.63) is 53.6 Å². The highest BCUT2D eigenvalue weighted by atomic mass is 19.4. The Bertz CT molecular complexity index is 669. The SMILES string of the molecule is COc1ccc(C(O)COc2ccc(C(F)(F)F)cc2)cc1OC. The van der Waals surface area contributed by atoms with Gasteiger partial charge >= 0.3 is 6.18 Å². The van der Waals surface area contributed by atoms with Crippen molar-refractivity contribution in [1.29, 1.82) is 0 Å². The minimum atomic E-state index is -4.39. The molecule has 0 saturated heterocycles. The van der Waals surface area contributed by atoms with Crippen molar-refractivity contribution >= 4 is 0 Å². The largest absolute Gasteiger partial charge is 0.493 e. The molecule has 2 rings (SSSR count). The quantitative estimate of drug-likeness (QED) is 0.867. The van der Waals surface area contributed by atoms with Crippen LogP contribution in [0.2, 0.25) is 0 Å². The standard InChI is InChI=1S/C17H17F3O4/c1-22-15-8-3-11(9-16(15)23-2)14(21)10-24-13-6-4-12(5-7-13)17(18,19)20/h3-9,14,21H,10H2,1-2H3. The Morgan fingerprint density at radius 2 is 1.58 bits per heavy atom. The van der Waals surface area contributed by atoms with Crippen LogP contribution in [0.3, 0.4) is 0 Å². The zero-order valence-corrected chi connectivity index (χ0v) is 13.1. The van der Waals surface area contributed by atoms with Gasteiger partial charge in [-0.2, -0.15) is 13.2 Å². The van der Waals surface area contributed by atoms with Crippen LogP contribution in [-0.2, 0) is 6.18 Å². The number of aliphatic hydroxyl groups excluding tert-OH is 1. The van der Waals surface area contributed by atoms with Gasteiger partial charge in [0.05, 0.1) is 19.8 Å². The fraction of sp³-hybridized carbons (Fsp3) is 0.294. The second kappa shape index (κ2) is 7.44. The molecular formula is C17H17F3O4. The minimum absolute atomic E-state index is 0.110. The average molecular weight is 342 g/mol. The molecular weight excluding hydrogens is 325 g/mol. The summed E-state index contributed by atoms with van der Waals surface area (Å²) in [5.41, 5.74) is -0.213. The van der Waals surface area contributed by atoms with Crippen LogP contribution in [0.15, 0.2) is 42.5 Å². The Morgan fingerprint density at radius 1 is 0.958 bits per heavy atom. The molecule has 0 aliphatic heterocycles. The lowest BCUT2D eigenvalue weighted by atomic mass is 10.1. The summed E-state index contributed by atoms with van der Waals surface area (Å²) in [4.78, 5) is 0. The van der Waals surface area contributed by atoms with Gasteiger partial charge in [-0.15, -0.1) is 0 Å². The van der Waals surface area contributed by atoms with E-state index in [-0.39, 0.29) is 12.4 Å². The normalized spacial score (nSPS) is 12.6. The molecule has 1 N–H and O–H groups in total. The molecule has 130 valence electrons. The number of benzene rings is 2. The van der Waals surface area contributed by atoms with Gasteiger partial charge in [-0.25, -0.2) is 0 Å². The smallest absolute Gasteiger partial charge is 0.416 e. The number of ether oxygens (including phenoxy) is 3. The molecule has 0 bridgehead atoms. The summed E-state index contributed by atoms with van der Waals surface area (Å²) in [7, 11) is 2.98. The van der Waals surface area contributed by atoms with E-state index < -0.39 is 17.8 Å². The summed E-state index contributed by atoms with van der Waals surface area (Å²) < 4.78 is 53.0. The molecule has 0 amide bonds. The van der Waals surface area contributed by atoms with Crippen molar-refractivity contribution in [2.75, 3.05) is 20.8 Å². The number of rotatable bonds is 6. The topological polar surface area (TPSA) is 47.9 Å². The van der Waals surface area contributed by atoms with E-state index in [0.29, 0.717) is 17.1 Å². The van der Waals surface area contributed by atoms with Gasteiger partial charge in [-0.3, -0.25) is 0 Å². The molecule has 0 aromatic heterocycles. The van der Waals surface area contributed by atoms with E-state index in [2.05, 4.69) is 0 Å². The van der Waals surface area contributed by atoms with Gasteiger partial charge in [-0.1, -0.05) is 6.07 Å². The van der Waals surface area contributed by atoms with Gasteiger partial charge in [0, 0.05) is 0 Å². The lowest BCUT2D eigenvalue weighted by Gasteiger charge is -2.15. The number of aliphatic hydroxyl groups is 1. The first-order valence-electron chi connectivity index (χ1n) is 7.05. The van der Waals surface area contributed by atoms with Crippen LogP contribution in [0.4, 0.5) is 13.2 Å². The molecule has 4 nitrogen and oxygen atoms in total. The predicted octanol–water partition coefficient (Wildman–Crippen LogP) is 3.84. The first-order chi connectivity index (χ1) is 11.3. The molecule has 0 heterocycles. The van der Waals surface area contributed by atoms with Gasteiger partial charge in [-0.05, 0) is 42.0 Å². The van der Waals surface area contributed by atoms with E-state index in [1.807, 2.05) is 0 Å². The van der Waals surface area contributed by atoms with Crippen LogP contribution >= 0.6 is 0 Å². The third-order valence-corrected chi connectivity index (χ3v) is 3.38. The Balaban J connectivity index is 2.01. The van der Waals surface area contributed by atoms with Crippen LogP contribution in [-0.4, -0.2) is 25.9 Å². The van der Waals surface area contributed by atoms with Crippen molar-refractivity contribution in [3.63, 3.8) is 0 Å². The van der Waals surface area contributed by atoms with Crippen LogP contribution in [0.5, 0.6) is 17.2 Å². The summed E-state index contributed by atoms with van der Waals surface area (Å²) >= 11 is 0. The maximum Gasteiger partial charge on any atom is 0.416 e. The first-order valence-corrected chi connectivity index (χ1v) is 7.05. The summed E-state index contributed by atoms with van der Waals surface area (Å²) in [6.07, 6.45) is -5.36. The molecule has 0 saturated carbocycles. The molecule has 0 radical (unpaired) electrons. The summed E-state index contributed by atoms with van der Waals surface area (Å²) in [5, 5.41) is 10.1. The van der Waals surface area contributed by atoms with Gasteiger partial charge in [0.1, 0.15) is 18.5 Å². The Hall–Kier alpha value is -2.41. The lowest BCUT2D eigenvalue weighted by Crippen LogP contribution is -2.10. The summed E-state index contributed by atoms with van der Waals surface area (Å²) in [6, 6.07) is 9.20. The van der Waals surface area contributed by atoms with E-state index in [0.717, 1.165) is 12.1 Å². The molecule has 0 fully saturated rings. The first kappa shape index (κ1) is 17.9. The van der Waals surface area contributed by atoms with Crippen molar-refractivity contribution < 1.29 is 32.5 Å². The van der Waals surface area contributed by atoms with Gasteiger partial charge in [0.2, 0.25) is 0 Å².